The molecule has 5 heterocycles. The fourth-order valence-electron chi connectivity index (χ4n) is 9.90. The molecule has 3 fully saturated rings. The van der Waals surface area contributed by atoms with Crippen LogP contribution in [-0.4, -0.2) is 106 Å². The molecule has 328 valence electrons. The summed E-state index contributed by atoms with van der Waals surface area (Å²) in [4.78, 5) is 72.7. The molecule has 4 amide bonds. The second kappa shape index (κ2) is 17.7. The zero-order valence-corrected chi connectivity index (χ0v) is 36.1. The van der Waals surface area contributed by atoms with E-state index < -0.39 is 24.3 Å². The van der Waals surface area contributed by atoms with Crippen molar-refractivity contribution >= 4 is 56.3 Å². The van der Waals surface area contributed by atoms with E-state index >= 15 is 0 Å². The first-order valence-corrected chi connectivity index (χ1v) is 22.0. The number of hydrogen-bond acceptors (Lipinski definition) is 9. The third kappa shape index (κ3) is 8.05. The number of methoxy groups -OCH3 is 2. The van der Waals surface area contributed by atoms with Gasteiger partial charge < -0.3 is 44.6 Å². The SMILES string of the molecule is COC(=O)N[C@H](C(=O)N1CCC[C@H]1c1ncc(-c2ccc3c4ccc(-c5cnc([C@@H]6CCCN6C(=O)[C@@H](NC(=O)OC)C6CCOCC6)[nH]5)cc4c4ccccc4c3c2)[nH]1)C(C)C. The van der Waals surface area contributed by atoms with E-state index in [2.05, 4.69) is 81.3 Å². The van der Waals surface area contributed by atoms with Crippen LogP contribution in [-0.2, 0) is 23.8 Å². The Morgan fingerprint density at radius 2 is 1.16 bits per heavy atom. The Morgan fingerprint density at radius 1 is 0.667 bits per heavy atom. The standard InChI is InChI=1S/C48H54N8O7/c1-27(2)41(53-47(59)61-3)45(57)55-19-7-11-39(55)43-49-25-37(51-43)29-13-15-33-34-16-14-30(24-36(34)32-10-6-5-9-31(32)35(33)23-29)38-26-50-44(52-38)40-12-8-20-56(40)46(58)42(54-48(60)62-4)28-17-21-63-22-18-28/h5-6,9-10,13-16,23-28,39-42H,7-8,11-12,17-22H2,1-4H3,(H,49,51)(H,50,52)(H,53,59)(H,54,60)/t39-,40-,41-,42-/m0/s1. The molecule has 2 aromatic heterocycles. The van der Waals surface area contributed by atoms with Gasteiger partial charge in [0, 0.05) is 37.4 Å². The third-order valence-corrected chi connectivity index (χ3v) is 13.2. The van der Waals surface area contributed by atoms with E-state index in [1.54, 1.807) is 0 Å². The summed E-state index contributed by atoms with van der Waals surface area (Å²) in [6.07, 6.45) is 7.01. The van der Waals surface area contributed by atoms with Crippen LogP contribution in [0.1, 0.15) is 76.1 Å². The van der Waals surface area contributed by atoms with Crippen molar-refractivity contribution in [3.8, 4) is 22.5 Å². The lowest BCUT2D eigenvalue weighted by molar-refractivity contribution is -0.137. The average molecular weight is 855 g/mol. The second-order valence-corrected chi connectivity index (χ2v) is 17.2. The van der Waals surface area contributed by atoms with Gasteiger partial charge in [0.1, 0.15) is 23.7 Å². The van der Waals surface area contributed by atoms with Gasteiger partial charge in [-0.05, 0) is 94.8 Å². The molecule has 6 aromatic rings. The number of nitrogens with zero attached hydrogens (tertiary/aromatic N) is 4. The summed E-state index contributed by atoms with van der Waals surface area (Å²) in [5, 5.41) is 12.3. The number of hydrogen-bond donors (Lipinski definition) is 4. The van der Waals surface area contributed by atoms with Gasteiger partial charge in [-0.25, -0.2) is 19.6 Å². The largest absolute Gasteiger partial charge is 0.453 e. The Kier molecular flexibility index (Phi) is 11.8. The van der Waals surface area contributed by atoms with E-state index in [-0.39, 0.29) is 35.7 Å². The summed E-state index contributed by atoms with van der Waals surface area (Å²) in [7, 11) is 2.61. The van der Waals surface area contributed by atoms with E-state index in [4.69, 9.17) is 24.2 Å². The number of amides is 4. The number of rotatable bonds is 10. The maximum Gasteiger partial charge on any atom is 0.407 e. The Hall–Kier alpha value is -6.48. The van der Waals surface area contributed by atoms with E-state index in [1.807, 2.05) is 36.0 Å². The third-order valence-electron chi connectivity index (χ3n) is 13.2. The molecule has 9 rings (SSSR count). The van der Waals surface area contributed by atoms with Gasteiger partial charge in [0.15, 0.2) is 0 Å². The Morgan fingerprint density at radius 3 is 1.67 bits per heavy atom. The number of nitrogens with one attached hydrogen (secondary N) is 4. The first-order chi connectivity index (χ1) is 30.6. The molecule has 0 bridgehead atoms. The predicted molar refractivity (Wildman–Crippen MR) is 239 cm³/mol. The van der Waals surface area contributed by atoms with E-state index in [9.17, 15) is 19.2 Å². The molecule has 4 aromatic carbocycles. The summed E-state index contributed by atoms with van der Waals surface area (Å²) in [5.41, 5.74) is 3.68. The number of carbonyl (C=O) groups is 4. The molecule has 0 aliphatic carbocycles. The van der Waals surface area contributed by atoms with Crippen LogP contribution < -0.4 is 10.6 Å². The van der Waals surface area contributed by atoms with Crippen molar-refractivity contribution in [2.24, 2.45) is 11.8 Å². The van der Waals surface area contributed by atoms with Crippen molar-refractivity contribution in [2.45, 2.75) is 76.5 Å². The Balaban J connectivity index is 0.988. The number of fused-ring (bicyclic) bond motifs is 6. The lowest BCUT2D eigenvalue weighted by Gasteiger charge is -2.34. The highest BCUT2D eigenvalue weighted by Gasteiger charge is 2.41. The van der Waals surface area contributed by atoms with Crippen LogP contribution >= 0.6 is 0 Å². The van der Waals surface area contributed by atoms with Crippen LogP contribution in [0.5, 0.6) is 0 Å². The Labute approximate surface area is 365 Å². The van der Waals surface area contributed by atoms with Crippen molar-refractivity contribution in [3.05, 3.63) is 84.7 Å². The van der Waals surface area contributed by atoms with Crippen LogP contribution in [0, 0.1) is 11.8 Å². The van der Waals surface area contributed by atoms with E-state index in [0.29, 0.717) is 39.1 Å². The van der Waals surface area contributed by atoms with Gasteiger partial charge >= 0.3 is 12.2 Å². The summed E-state index contributed by atoms with van der Waals surface area (Å²) in [6, 6.07) is 19.5. The molecule has 4 atom stereocenters. The molecule has 0 radical (unpaired) electrons. The van der Waals surface area contributed by atoms with Gasteiger partial charge in [-0.1, -0.05) is 62.4 Å². The lowest BCUT2D eigenvalue weighted by atomic mass is 9.90. The summed E-state index contributed by atoms with van der Waals surface area (Å²) >= 11 is 0. The molecule has 15 nitrogen and oxygen atoms in total. The predicted octanol–water partition coefficient (Wildman–Crippen LogP) is 7.79. The molecule has 0 unspecified atom stereocenters. The van der Waals surface area contributed by atoms with Gasteiger partial charge in [-0.3, -0.25) is 9.59 Å². The highest BCUT2D eigenvalue weighted by atomic mass is 16.5. The lowest BCUT2D eigenvalue weighted by Crippen LogP contribution is -2.53. The van der Waals surface area contributed by atoms with Gasteiger partial charge in [0.25, 0.3) is 0 Å². The molecule has 3 aliphatic heterocycles. The van der Waals surface area contributed by atoms with Crippen LogP contribution in [0.3, 0.4) is 0 Å². The molecule has 4 N–H and O–H groups in total. The number of H-pyrrole nitrogens is 2. The number of likely N-dealkylation sites (tertiary alicyclic amines) is 2. The monoisotopic (exact) mass is 854 g/mol. The summed E-state index contributed by atoms with van der Waals surface area (Å²) in [6.45, 7) is 6.08. The minimum atomic E-state index is -0.705. The van der Waals surface area contributed by atoms with Gasteiger partial charge in [0.2, 0.25) is 11.8 Å². The highest BCUT2D eigenvalue weighted by Crippen LogP contribution is 2.40. The molecule has 0 spiro atoms. The molecular formula is C48H54N8O7. The quantitative estimate of drug-likeness (QED) is 0.1000. The fraction of sp³-hybridized carbons (Fsp3) is 0.417. The average Bonchev–Trinajstić information content (AvgIpc) is 4.17. The number of aromatic amines is 2. The number of alkyl carbamates (subject to hydrolysis) is 2. The summed E-state index contributed by atoms with van der Waals surface area (Å²) in [5.74, 6) is 1.02. The first kappa shape index (κ1) is 41.9. The minimum absolute atomic E-state index is 0.0401. The molecule has 3 saturated heterocycles. The van der Waals surface area contributed by atoms with Crippen LogP contribution in [0.25, 0.3) is 54.8 Å². The number of ether oxygens (including phenoxy) is 3. The zero-order valence-electron chi connectivity index (χ0n) is 36.1. The number of imidazole rings is 2. The first-order valence-electron chi connectivity index (χ1n) is 22.0. The van der Waals surface area contributed by atoms with Gasteiger partial charge in [-0.2, -0.15) is 0 Å². The second-order valence-electron chi connectivity index (χ2n) is 17.2. The van der Waals surface area contributed by atoms with Crippen LogP contribution in [0.2, 0.25) is 0 Å². The molecule has 63 heavy (non-hydrogen) atoms. The Bertz CT molecular complexity index is 2670. The van der Waals surface area contributed by atoms with Crippen molar-refractivity contribution < 1.29 is 33.4 Å². The normalized spacial score (nSPS) is 19.2. The zero-order chi connectivity index (χ0) is 43.8. The molecule has 3 aliphatic rings. The maximum atomic E-state index is 14.1. The molecule has 0 saturated carbocycles. The van der Waals surface area contributed by atoms with Crippen LogP contribution in [0.15, 0.2) is 73.1 Å². The number of carbonyl (C=O) groups excluding carboxylic acids is 4. The van der Waals surface area contributed by atoms with Crippen molar-refractivity contribution in [2.75, 3.05) is 40.5 Å². The van der Waals surface area contributed by atoms with Gasteiger partial charge in [-0.15, -0.1) is 0 Å². The smallest absolute Gasteiger partial charge is 0.407 e. The topological polar surface area (TPSA) is 184 Å². The highest BCUT2D eigenvalue weighted by molar-refractivity contribution is 6.26. The molecule has 15 heteroatoms. The van der Waals surface area contributed by atoms with Crippen molar-refractivity contribution in [1.29, 1.82) is 0 Å². The van der Waals surface area contributed by atoms with Crippen molar-refractivity contribution in [1.82, 2.24) is 40.4 Å². The molecular weight excluding hydrogens is 801 g/mol. The van der Waals surface area contributed by atoms with E-state index in [1.165, 1.54) is 14.2 Å². The minimum Gasteiger partial charge on any atom is -0.453 e. The number of benzene rings is 4. The van der Waals surface area contributed by atoms with Crippen LogP contribution in [0.4, 0.5) is 9.59 Å². The van der Waals surface area contributed by atoms with E-state index in [0.717, 1.165) is 92.2 Å². The maximum absolute atomic E-state index is 14.1. The van der Waals surface area contributed by atoms with Gasteiger partial charge in [0.05, 0.1) is 50.1 Å². The summed E-state index contributed by atoms with van der Waals surface area (Å²) < 4.78 is 15.3. The fourth-order valence-corrected chi connectivity index (χ4v) is 9.90. The van der Waals surface area contributed by atoms with Crippen molar-refractivity contribution in [3.63, 3.8) is 0 Å². The number of aromatic nitrogens is 4.